The molecule has 0 fully saturated rings. The molecule has 1 unspecified atom stereocenters. The molecular weight excluding hydrogens is 322 g/mol. The van der Waals surface area contributed by atoms with Gasteiger partial charge in [-0.15, -0.1) is 11.3 Å². The first-order valence-electron chi connectivity index (χ1n) is 6.99. The normalized spacial score (nSPS) is 12.4. The van der Waals surface area contributed by atoms with Crippen LogP contribution in [0.4, 0.5) is 0 Å². The van der Waals surface area contributed by atoms with E-state index in [0.29, 0.717) is 16.3 Å². The highest BCUT2D eigenvalue weighted by atomic mass is 35.5. The van der Waals surface area contributed by atoms with Crippen LogP contribution in [-0.4, -0.2) is 25.0 Å². The van der Waals surface area contributed by atoms with Crippen molar-refractivity contribution < 1.29 is 14.3 Å². The average molecular weight is 340 g/mol. The summed E-state index contributed by atoms with van der Waals surface area (Å²) < 4.78 is 5.70. The number of rotatable bonds is 5. The van der Waals surface area contributed by atoms with Gasteiger partial charge in [0, 0.05) is 10.1 Å². The maximum Gasteiger partial charge on any atom is 0.328 e. The highest BCUT2D eigenvalue weighted by Crippen LogP contribution is 2.35. The maximum atomic E-state index is 12.5. The molecule has 0 saturated heterocycles. The summed E-state index contributed by atoms with van der Waals surface area (Å²) in [5.74, 6) is -0.538. The monoisotopic (exact) mass is 339 g/mol. The van der Waals surface area contributed by atoms with Crippen LogP contribution in [0.1, 0.15) is 29.9 Å². The first kappa shape index (κ1) is 16.8. The second-order valence-electron chi connectivity index (χ2n) is 5.42. The summed E-state index contributed by atoms with van der Waals surface area (Å²) >= 11 is 7.60. The number of benzene rings is 1. The van der Waals surface area contributed by atoms with Gasteiger partial charge in [-0.2, -0.15) is 0 Å². The highest BCUT2D eigenvalue weighted by molar-refractivity contribution is 7.21. The van der Waals surface area contributed by atoms with Gasteiger partial charge in [0.1, 0.15) is 10.9 Å². The fourth-order valence-electron chi connectivity index (χ4n) is 2.21. The largest absolute Gasteiger partial charge is 0.467 e. The Morgan fingerprint density at radius 1 is 1.32 bits per heavy atom. The summed E-state index contributed by atoms with van der Waals surface area (Å²) in [6, 6.07) is 6.88. The maximum absolute atomic E-state index is 12.5. The van der Waals surface area contributed by atoms with Gasteiger partial charge in [0.2, 0.25) is 0 Å². The third kappa shape index (κ3) is 3.59. The lowest BCUT2D eigenvalue weighted by Gasteiger charge is -2.17. The van der Waals surface area contributed by atoms with Gasteiger partial charge in [0.25, 0.3) is 5.91 Å². The fourth-order valence-corrected chi connectivity index (χ4v) is 3.63. The molecule has 2 aromatic rings. The molecule has 1 N–H and O–H groups in total. The summed E-state index contributed by atoms with van der Waals surface area (Å²) in [5, 5.41) is 4.00. The van der Waals surface area contributed by atoms with Gasteiger partial charge in [0.05, 0.1) is 12.1 Å². The van der Waals surface area contributed by atoms with Crippen LogP contribution < -0.4 is 5.32 Å². The Hall–Kier alpha value is -1.59. The summed E-state index contributed by atoms with van der Waals surface area (Å²) in [5.41, 5.74) is 0. The number of fused-ring (bicyclic) bond motifs is 1. The van der Waals surface area contributed by atoms with Crippen molar-refractivity contribution in [2.75, 3.05) is 7.11 Å². The Labute approximate surface area is 138 Å². The molecule has 1 atom stereocenters. The van der Waals surface area contributed by atoms with Crippen molar-refractivity contribution >= 4 is 44.9 Å². The summed E-state index contributed by atoms with van der Waals surface area (Å²) in [6.45, 7) is 3.96. The van der Waals surface area contributed by atoms with Gasteiger partial charge >= 0.3 is 5.97 Å². The number of thiophene rings is 1. The topological polar surface area (TPSA) is 55.4 Å². The quantitative estimate of drug-likeness (QED) is 0.841. The zero-order chi connectivity index (χ0) is 16.3. The van der Waals surface area contributed by atoms with Crippen molar-refractivity contribution in [3.63, 3.8) is 0 Å². The van der Waals surface area contributed by atoms with E-state index in [1.807, 2.05) is 38.1 Å². The van der Waals surface area contributed by atoms with Crippen LogP contribution >= 0.6 is 22.9 Å². The van der Waals surface area contributed by atoms with Crippen LogP contribution in [0.5, 0.6) is 0 Å². The molecular formula is C16H18ClNO3S. The number of ether oxygens (including phenoxy) is 1. The smallest absolute Gasteiger partial charge is 0.328 e. The van der Waals surface area contributed by atoms with E-state index in [0.717, 1.165) is 10.1 Å². The van der Waals surface area contributed by atoms with Crippen LogP contribution in [-0.2, 0) is 9.53 Å². The molecule has 0 radical (unpaired) electrons. The molecule has 0 aliphatic heterocycles. The minimum Gasteiger partial charge on any atom is -0.467 e. The summed E-state index contributed by atoms with van der Waals surface area (Å²) in [7, 11) is 1.31. The van der Waals surface area contributed by atoms with E-state index in [2.05, 4.69) is 5.32 Å². The first-order chi connectivity index (χ1) is 10.4. The second-order valence-corrected chi connectivity index (χ2v) is 6.85. The van der Waals surface area contributed by atoms with E-state index < -0.39 is 12.0 Å². The van der Waals surface area contributed by atoms with Crippen LogP contribution in [0.25, 0.3) is 10.1 Å². The Kier molecular flexibility index (Phi) is 5.42. The van der Waals surface area contributed by atoms with Crippen LogP contribution in [0.2, 0.25) is 5.02 Å². The summed E-state index contributed by atoms with van der Waals surface area (Å²) in [6.07, 6.45) is 0.515. The number of amides is 1. The molecule has 0 spiro atoms. The van der Waals surface area contributed by atoms with Crippen molar-refractivity contribution in [1.82, 2.24) is 5.32 Å². The molecule has 0 bridgehead atoms. The minimum absolute atomic E-state index is 0.252. The molecule has 1 aromatic heterocycles. The van der Waals surface area contributed by atoms with Crippen molar-refractivity contribution in [3.8, 4) is 0 Å². The molecule has 0 saturated carbocycles. The number of nitrogens with one attached hydrogen (secondary N) is 1. The van der Waals surface area contributed by atoms with Crippen molar-refractivity contribution in [3.05, 3.63) is 34.2 Å². The lowest BCUT2D eigenvalue weighted by Crippen LogP contribution is -2.42. The van der Waals surface area contributed by atoms with E-state index in [1.54, 1.807) is 0 Å². The Bertz CT molecular complexity index is 696. The number of esters is 1. The van der Waals surface area contributed by atoms with Crippen LogP contribution in [0.15, 0.2) is 24.3 Å². The lowest BCUT2D eigenvalue weighted by atomic mass is 10.0. The van der Waals surface area contributed by atoms with E-state index >= 15 is 0 Å². The predicted octanol–water partition coefficient (Wildman–Crippen LogP) is 3.87. The summed E-state index contributed by atoms with van der Waals surface area (Å²) in [4.78, 5) is 24.7. The molecule has 6 heteroatoms. The molecule has 0 aliphatic carbocycles. The lowest BCUT2D eigenvalue weighted by molar-refractivity contribution is -0.143. The first-order valence-corrected chi connectivity index (χ1v) is 8.19. The molecule has 1 aromatic carbocycles. The molecule has 0 aliphatic rings. The number of hydrogen-bond acceptors (Lipinski definition) is 4. The van der Waals surface area contributed by atoms with E-state index in [-0.39, 0.29) is 11.8 Å². The van der Waals surface area contributed by atoms with Gasteiger partial charge in [-0.25, -0.2) is 4.79 Å². The Morgan fingerprint density at radius 2 is 2.00 bits per heavy atom. The van der Waals surface area contributed by atoms with Gasteiger partial charge in [0.15, 0.2) is 0 Å². The molecule has 2 rings (SSSR count). The molecule has 118 valence electrons. The zero-order valence-corrected chi connectivity index (χ0v) is 14.3. The van der Waals surface area contributed by atoms with E-state index in [9.17, 15) is 9.59 Å². The minimum atomic E-state index is -0.668. The van der Waals surface area contributed by atoms with E-state index in [4.69, 9.17) is 16.3 Å². The van der Waals surface area contributed by atoms with Crippen LogP contribution in [0, 0.1) is 5.92 Å². The van der Waals surface area contributed by atoms with Gasteiger partial charge < -0.3 is 10.1 Å². The highest BCUT2D eigenvalue weighted by Gasteiger charge is 2.25. The molecule has 22 heavy (non-hydrogen) atoms. The van der Waals surface area contributed by atoms with Crippen molar-refractivity contribution in [2.24, 2.45) is 5.92 Å². The zero-order valence-electron chi connectivity index (χ0n) is 12.7. The SMILES string of the molecule is COC(=O)C(CC(C)C)NC(=O)c1sc2ccccc2c1Cl. The number of carbonyl (C=O) groups is 2. The number of methoxy groups -OCH3 is 1. The standard InChI is InChI=1S/C16H18ClNO3S/c1-9(2)8-11(16(20)21-3)18-15(19)14-13(17)10-6-4-5-7-12(10)22-14/h4-7,9,11H,8H2,1-3H3,(H,18,19). The third-order valence-electron chi connectivity index (χ3n) is 3.24. The predicted molar refractivity (Wildman–Crippen MR) is 89.6 cm³/mol. The third-order valence-corrected chi connectivity index (χ3v) is 4.91. The molecule has 1 amide bonds. The van der Waals surface area contributed by atoms with Crippen LogP contribution in [0.3, 0.4) is 0 Å². The molecule has 1 heterocycles. The second kappa shape index (κ2) is 7.11. The molecule has 4 nitrogen and oxygen atoms in total. The van der Waals surface area contributed by atoms with Gasteiger partial charge in [-0.3, -0.25) is 4.79 Å². The number of hydrogen-bond donors (Lipinski definition) is 1. The Morgan fingerprint density at radius 3 is 2.59 bits per heavy atom. The van der Waals surface area contributed by atoms with E-state index in [1.165, 1.54) is 18.4 Å². The number of halogens is 1. The Balaban J connectivity index is 2.25. The fraction of sp³-hybridized carbons (Fsp3) is 0.375. The average Bonchev–Trinajstić information content (AvgIpc) is 2.83. The number of carbonyl (C=O) groups excluding carboxylic acids is 2. The van der Waals surface area contributed by atoms with Crippen molar-refractivity contribution in [1.29, 1.82) is 0 Å². The van der Waals surface area contributed by atoms with Gasteiger partial charge in [-0.1, -0.05) is 43.6 Å². The van der Waals surface area contributed by atoms with Gasteiger partial charge in [-0.05, 0) is 18.4 Å². The van der Waals surface area contributed by atoms with Crippen molar-refractivity contribution in [2.45, 2.75) is 26.3 Å².